The summed E-state index contributed by atoms with van der Waals surface area (Å²) < 4.78 is 112. The van der Waals surface area contributed by atoms with Gasteiger partial charge in [0.05, 0.1) is 55.0 Å². The third-order valence-corrected chi connectivity index (χ3v) is 34.6. The normalized spacial score (nSPS) is 31.7. The number of phenols is 1. The zero-order valence-electron chi connectivity index (χ0n) is 77.5. The Labute approximate surface area is 772 Å². The molecule has 0 radical (unpaired) electrons. The molecule has 1 N–H and O–H groups in total. The molecule has 16 aliphatic rings. The first-order chi connectivity index (χ1) is 59.4. The predicted octanol–water partition coefficient (Wildman–Crippen LogP) is 17.6. The number of ether oxygens (including phenoxy) is 8. The Morgan fingerprint density at radius 3 is 1.48 bits per heavy atom. The Morgan fingerprint density at radius 2 is 0.992 bits per heavy atom. The smallest absolute Gasteiger partial charge is 0.748 e. The summed E-state index contributed by atoms with van der Waals surface area (Å²) in [4.78, 5) is 98.6. The maximum Gasteiger partial charge on any atom is 2.00 e. The van der Waals surface area contributed by atoms with E-state index >= 15 is 0 Å². The molecule has 0 aromatic heterocycles. The van der Waals surface area contributed by atoms with Crippen molar-refractivity contribution < 1.29 is 118 Å². The molecule has 4 aromatic rings. The summed E-state index contributed by atoms with van der Waals surface area (Å²) in [5, 5.41) is 31.9. The van der Waals surface area contributed by atoms with Crippen LogP contribution in [0.2, 0.25) is 0 Å². The van der Waals surface area contributed by atoms with Gasteiger partial charge in [-0.3, -0.25) is 28.8 Å². The Kier molecular flexibility index (Phi) is 31.2. The molecule has 12 saturated carbocycles. The van der Waals surface area contributed by atoms with Crippen LogP contribution in [-0.4, -0.2) is 143 Å². The number of hydrogen-bond acceptors (Lipinski definition) is 22. The second-order valence-corrected chi connectivity index (χ2v) is 45.7. The van der Waals surface area contributed by atoms with E-state index < -0.39 is 96.4 Å². The Morgan fingerprint density at radius 1 is 0.531 bits per heavy atom. The number of benzene rings is 4. The van der Waals surface area contributed by atoms with Crippen molar-refractivity contribution in [3.05, 3.63) is 103 Å². The van der Waals surface area contributed by atoms with Gasteiger partial charge in [0.2, 0.25) is 15.9 Å². The van der Waals surface area contributed by atoms with Crippen LogP contribution in [0.25, 0.3) is 0 Å². The molecule has 15 unspecified atom stereocenters. The minimum Gasteiger partial charge on any atom is -0.748 e. The molecule has 22 nitrogen and oxygen atoms in total. The van der Waals surface area contributed by atoms with E-state index in [1.807, 2.05) is 100 Å². The monoisotopic (exact) mass is 1830 g/mol. The molecule has 128 heavy (non-hydrogen) atoms. The van der Waals surface area contributed by atoms with Crippen LogP contribution in [0, 0.1) is 109 Å². The van der Waals surface area contributed by atoms with Gasteiger partial charge in [-0.25, -0.2) is 8.42 Å². The van der Waals surface area contributed by atoms with E-state index in [1.54, 1.807) is 19.1 Å². The second-order valence-electron chi connectivity index (χ2n) is 42.3. The van der Waals surface area contributed by atoms with E-state index in [0.717, 1.165) is 112 Å². The number of fused-ring (bicyclic) bond motifs is 12. The number of esters is 6. The Bertz CT molecular complexity index is 4660. The van der Waals surface area contributed by atoms with Crippen LogP contribution in [0.1, 0.15) is 265 Å². The molecule has 0 spiro atoms. The van der Waals surface area contributed by atoms with Gasteiger partial charge in [-0.1, -0.05) is 84.0 Å². The number of aromatic hydroxyl groups is 1. The van der Waals surface area contributed by atoms with Crippen LogP contribution in [0.4, 0.5) is 13.2 Å². The number of rotatable bonds is 21. The largest absolute Gasteiger partial charge is 2.00 e. The van der Waals surface area contributed by atoms with Gasteiger partial charge < -0.3 is 67.4 Å². The van der Waals surface area contributed by atoms with Crippen molar-refractivity contribution >= 4 is 91.8 Å². The minimum atomic E-state index is -5.15. The zero-order chi connectivity index (χ0) is 92.9. The summed E-state index contributed by atoms with van der Waals surface area (Å²) in [7, 11) is -5.23. The van der Waals surface area contributed by atoms with Crippen LogP contribution in [0.3, 0.4) is 0 Å². The van der Waals surface area contributed by atoms with Crippen molar-refractivity contribution in [2.75, 3.05) is 5.75 Å². The first kappa shape index (κ1) is 102. The molecule has 4 heterocycles. The van der Waals surface area contributed by atoms with E-state index in [9.17, 15) is 74.7 Å². The van der Waals surface area contributed by atoms with Crippen LogP contribution in [-0.2, 0) is 87.8 Å². The SMILES string of the molecule is CCC(C)(C)C(=O)OC(CS(=O)(=O)[O-])C(F)(F)F.CCC(C)(C)C(=O)OC1(CC)CC2CC1C1C3CCC(C3)C21.CCC(C)(C)C(=O)OC12CC3CC(C1)CC(C(=O)[O-])(C3)C2.CCC(C)(C)C(=O)OC1C2CC3C(=O)OC1C3O2.CCC(C)(C)C(=O)Oc1ccc(O)cc1.O=C([O-])C12CC3CC(CC(C3)C1)C2.[Mg+2].c1ccc([S+]2c3ccccc3Oc3ccccc32)cc1. The molecule has 12 aliphatic carbocycles. The predicted molar refractivity (Wildman–Crippen MR) is 468 cm³/mol. The maximum absolute atomic E-state index is 12.7. The second kappa shape index (κ2) is 39.3. The van der Waals surface area contributed by atoms with Crippen molar-refractivity contribution in [2.24, 2.45) is 109 Å². The van der Waals surface area contributed by atoms with Gasteiger partial charge in [-0.05, 0) is 343 Å². The summed E-state index contributed by atoms with van der Waals surface area (Å²) in [5.74, 6) is 5.11. The maximum atomic E-state index is 12.7. The molecule has 20 rings (SSSR count). The van der Waals surface area contributed by atoms with Crippen LogP contribution >= 0.6 is 0 Å². The molecule has 4 aromatic carbocycles. The van der Waals surface area contributed by atoms with Gasteiger partial charge in [0.1, 0.15) is 39.7 Å². The fraction of sp³-hybridized carbons (Fsp3) is 0.680. The molecular formula is C100H133F3MgO22S2. The molecule has 14 bridgehead atoms. The molecule has 15 atom stereocenters. The summed E-state index contributed by atoms with van der Waals surface area (Å²) in [6.45, 7) is 29.7. The molecular weight excluding hydrogens is 1700 g/mol. The van der Waals surface area contributed by atoms with Crippen molar-refractivity contribution in [3.63, 3.8) is 0 Å². The number of carbonyl (C=O) groups excluding carboxylic acids is 8. The minimum absolute atomic E-state index is 0. The van der Waals surface area contributed by atoms with E-state index in [4.69, 9.17) is 38.3 Å². The first-order valence-electron chi connectivity index (χ1n) is 46.3. The molecule has 700 valence electrons. The van der Waals surface area contributed by atoms with Crippen molar-refractivity contribution in [1.82, 2.24) is 0 Å². The number of halogens is 3. The van der Waals surface area contributed by atoms with Gasteiger partial charge in [0.15, 0.2) is 28.6 Å². The standard InChI is InChI=1S/C20H32O2.C18H13OS.C17H26O4.C13H18O5.C12H16O3.C11H16O2.C9H15F3O5S.Mg/c1-5-19(3,4)18(21)22-20(6-2)11-14-10-15(20)17-13-8-7-12(9-13)16(14)17;1-2-8-14(9-3-1)20-17-12-6-4-10-15(17)19-16-11-5-7-13-18(16)20;1-4-15(2,3)14(20)21-17-8-11-5-12(9-17)7-16(6-11,10-17)13(18)19;1-4-13(2,3)12(15)18-9-7-5-6-8(16-7)10(9)17-11(6)14;1-4-12(2,3)11(14)15-10-7-5-9(13)6-8-10;12-10(13)11-4-7-1-8(5-11)3-9(2-7)6-11;1-4-8(2,3)7(13)17-6(9(10,11)12)5-18(14,15)16;/h12-17H,5-11H2,1-4H3;1-13H;11-12H,4-10H2,1-3H3,(H,18,19);6-10H,4-5H2,1-3H3;5-8,13H,4H2,1-3H3;7-9H,1-6H2,(H,12,13);6H,4-5H2,1-3H3,(H,14,15,16);/q;+1;;;;;;+2/p-3. The number of hydrogen-bond donors (Lipinski definition) is 1. The number of carboxylic acids is 2. The van der Waals surface area contributed by atoms with Crippen LogP contribution in [0.5, 0.6) is 23.0 Å². The van der Waals surface area contributed by atoms with Crippen molar-refractivity contribution in [3.8, 4) is 23.0 Å². The van der Waals surface area contributed by atoms with E-state index in [2.05, 4.69) is 73.2 Å². The Balaban J connectivity index is 0.000000145. The van der Waals surface area contributed by atoms with Gasteiger partial charge in [-0.15, -0.1) is 0 Å². The first-order valence-corrected chi connectivity index (χ1v) is 49.1. The van der Waals surface area contributed by atoms with Gasteiger partial charge in [-0.2, -0.15) is 13.2 Å². The van der Waals surface area contributed by atoms with Gasteiger partial charge in [0.25, 0.3) is 0 Å². The summed E-state index contributed by atoms with van der Waals surface area (Å²) in [6.07, 6.45) is 13.8. The number of aliphatic carboxylic acids is 2. The van der Waals surface area contributed by atoms with Crippen LogP contribution in [0.15, 0.2) is 118 Å². The number of alkyl halides is 3. The molecule has 28 heteroatoms. The summed E-state index contributed by atoms with van der Waals surface area (Å²) >= 11 is 0. The Hall–Kier alpha value is -6.98. The van der Waals surface area contributed by atoms with E-state index in [0.29, 0.717) is 73.4 Å². The van der Waals surface area contributed by atoms with E-state index in [-0.39, 0.29) is 105 Å². The molecule has 4 aliphatic heterocycles. The quantitative estimate of drug-likeness (QED) is 0.0136. The van der Waals surface area contributed by atoms with Gasteiger partial charge >= 0.3 is 65.0 Å². The van der Waals surface area contributed by atoms with Crippen molar-refractivity contribution in [1.29, 1.82) is 0 Å². The molecule has 3 saturated heterocycles. The number of carbonyl (C=O) groups is 8. The third kappa shape index (κ3) is 21.9. The van der Waals surface area contributed by atoms with Gasteiger partial charge in [0, 0.05) is 28.7 Å². The summed E-state index contributed by atoms with van der Waals surface area (Å²) in [6, 6.07) is 33.4. The number of phenolic OH excluding ortho intramolecular Hbond substituents is 1. The van der Waals surface area contributed by atoms with Crippen LogP contribution < -0.4 is 19.7 Å². The van der Waals surface area contributed by atoms with E-state index in [1.165, 1.54) is 85.6 Å². The van der Waals surface area contributed by atoms with Crippen molar-refractivity contribution in [2.45, 2.75) is 327 Å². The zero-order valence-corrected chi connectivity index (χ0v) is 80.5. The number of para-hydroxylation sites is 2. The molecule has 15 fully saturated rings. The molecule has 0 amide bonds. The fourth-order valence-corrected chi connectivity index (χ4v) is 26.0. The average Bonchev–Trinajstić information content (AvgIpc) is 1.52. The summed E-state index contributed by atoms with van der Waals surface area (Å²) in [5.41, 5.74) is -4.82. The number of carboxylic acid groups (broad SMARTS) is 2. The fourth-order valence-electron chi connectivity index (χ4n) is 23.1. The third-order valence-electron chi connectivity index (χ3n) is 31.6. The topological polar surface area (TPSA) is 334 Å². The average molecular weight is 1830 g/mol.